The summed E-state index contributed by atoms with van der Waals surface area (Å²) in [5.74, 6) is -1.66. The fraction of sp³-hybridized carbons (Fsp3) is 0. The van der Waals surface area contributed by atoms with E-state index in [1.807, 2.05) is 0 Å². The molecule has 0 bridgehead atoms. The van der Waals surface area contributed by atoms with Gasteiger partial charge < -0.3 is 15.6 Å². The van der Waals surface area contributed by atoms with Gasteiger partial charge in [-0.25, -0.2) is 9.37 Å². The molecule has 1 amide bonds. The van der Waals surface area contributed by atoms with Crippen molar-refractivity contribution in [2.75, 3.05) is 11.1 Å². The highest BCUT2D eigenvalue weighted by Gasteiger charge is 2.15. The number of halogens is 1. The first-order chi connectivity index (χ1) is 7.68. The van der Waals surface area contributed by atoms with Crippen LogP contribution >= 0.6 is 0 Å². The number of nitrogens with zero attached hydrogens (tertiary/aromatic N) is 2. The van der Waals surface area contributed by atoms with E-state index in [4.69, 9.17) is 5.73 Å². The van der Waals surface area contributed by atoms with Crippen LogP contribution in [0.5, 0.6) is 0 Å². The first-order valence-corrected chi connectivity index (χ1v) is 4.30. The maximum Gasteiger partial charge on any atom is 0.260 e. The van der Waals surface area contributed by atoms with Gasteiger partial charge in [-0.15, -0.1) is 0 Å². The van der Waals surface area contributed by atoms with E-state index < -0.39 is 11.7 Å². The third-order valence-electron chi connectivity index (χ3n) is 1.84. The molecule has 0 radical (unpaired) electrons. The highest BCUT2D eigenvalue weighted by molar-refractivity contribution is 6.04. The van der Waals surface area contributed by atoms with E-state index in [1.165, 1.54) is 24.6 Å². The SMILES string of the molecule is Nc1nccc(C(=O)Nc2ccon2)c1F. The number of pyridine rings is 1. The monoisotopic (exact) mass is 222 g/mol. The summed E-state index contributed by atoms with van der Waals surface area (Å²) in [6.07, 6.45) is 2.53. The van der Waals surface area contributed by atoms with Crippen molar-refractivity contribution >= 4 is 17.5 Å². The lowest BCUT2D eigenvalue weighted by atomic mass is 10.2. The van der Waals surface area contributed by atoms with E-state index in [-0.39, 0.29) is 17.2 Å². The van der Waals surface area contributed by atoms with Crippen molar-refractivity contribution in [3.63, 3.8) is 0 Å². The molecule has 6 nitrogen and oxygen atoms in total. The van der Waals surface area contributed by atoms with Gasteiger partial charge in [0.2, 0.25) is 0 Å². The molecular formula is C9H7FN4O2. The molecular weight excluding hydrogens is 215 g/mol. The number of carbonyl (C=O) groups excluding carboxylic acids is 1. The summed E-state index contributed by atoms with van der Waals surface area (Å²) in [6.45, 7) is 0. The molecule has 16 heavy (non-hydrogen) atoms. The second-order valence-corrected chi connectivity index (χ2v) is 2.90. The second-order valence-electron chi connectivity index (χ2n) is 2.90. The lowest BCUT2D eigenvalue weighted by Crippen LogP contribution is -2.15. The Kier molecular flexibility index (Phi) is 2.50. The number of amides is 1. The Bertz CT molecular complexity index is 512. The molecule has 2 aromatic rings. The van der Waals surface area contributed by atoms with Crippen molar-refractivity contribution in [3.05, 3.63) is 36.0 Å². The third kappa shape index (κ3) is 1.83. The van der Waals surface area contributed by atoms with Crippen LogP contribution in [0.3, 0.4) is 0 Å². The van der Waals surface area contributed by atoms with Crippen LogP contribution in [0.25, 0.3) is 0 Å². The van der Waals surface area contributed by atoms with Gasteiger partial charge in [-0.05, 0) is 6.07 Å². The first-order valence-electron chi connectivity index (χ1n) is 4.30. The molecule has 0 aliphatic carbocycles. The third-order valence-corrected chi connectivity index (χ3v) is 1.84. The summed E-state index contributed by atoms with van der Waals surface area (Å²) in [5.41, 5.74) is 5.03. The Morgan fingerprint density at radius 2 is 2.31 bits per heavy atom. The fourth-order valence-corrected chi connectivity index (χ4v) is 1.10. The van der Waals surface area contributed by atoms with Crippen molar-refractivity contribution in [1.82, 2.24) is 10.1 Å². The maximum atomic E-state index is 13.4. The smallest absolute Gasteiger partial charge is 0.260 e. The molecule has 0 atom stereocenters. The lowest BCUT2D eigenvalue weighted by Gasteiger charge is -2.03. The molecule has 82 valence electrons. The van der Waals surface area contributed by atoms with Crippen LogP contribution in [0.2, 0.25) is 0 Å². The van der Waals surface area contributed by atoms with Crippen molar-refractivity contribution in [2.24, 2.45) is 0 Å². The molecule has 3 N–H and O–H groups in total. The van der Waals surface area contributed by atoms with Crippen LogP contribution < -0.4 is 11.1 Å². The summed E-state index contributed by atoms with van der Waals surface area (Å²) in [5, 5.41) is 5.80. The van der Waals surface area contributed by atoms with Crippen molar-refractivity contribution in [2.45, 2.75) is 0 Å². The Labute approximate surface area is 89.3 Å². The summed E-state index contributed by atoms with van der Waals surface area (Å²) in [4.78, 5) is 15.1. The number of nitrogens with one attached hydrogen (secondary N) is 1. The molecule has 0 fully saturated rings. The van der Waals surface area contributed by atoms with Crippen molar-refractivity contribution < 1.29 is 13.7 Å². The molecule has 0 saturated heterocycles. The van der Waals surface area contributed by atoms with Crippen LogP contribution in [0.1, 0.15) is 10.4 Å². The first kappa shape index (κ1) is 10.1. The summed E-state index contributed by atoms with van der Waals surface area (Å²) in [6, 6.07) is 2.65. The van der Waals surface area contributed by atoms with Crippen LogP contribution in [0, 0.1) is 5.82 Å². The van der Waals surface area contributed by atoms with Gasteiger partial charge in [0.15, 0.2) is 17.5 Å². The summed E-state index contributed by atoms with van der Waals surface area (Å²) >= 11 is 0. The molecule has 7 heteroatoms. The van der Waals surface area contributed by atoms with E-state index in [0.717, 1.165) is 0 Å². The summed E-state index contributed by atoms with van der Waals surface area (Å²) < 4.78 is 17.9. The number of carbonyl (C=O) groups is 1. The van der Waals surface area contributed by atoms with Crippen molar-refractivity contribution in [1.29, 1.82) is 0 Å². The minimum Gasteiger partial charge on any atom is -0.381 e. The van der Waals surface area contributed by atoms with E-state index >= 15 is 0 Å². The predicted molar refractivity (Wildman–Crippen MR) is 53.1 cm³/mol. The van der Waals surface area contributed by atoms with Crippen molar-refractivity contribution in [3.8, 4) is 0 Å². The zero-order valence-corrected chi connectivity index (χ0v) is 7.98. The standard InChI is InChI=1S/C9H7FN4O2/c10-7-5(1-3-12-8(7)11)9(15)13-6-2-4-16-14-6/h1-4H,(H2,11,12)(H,13,14,15). The number of rotatable bonds is 2. The molecule has 2 rings (SSSR count). The van der Waals surface area contributed by atoms with E-state index in [0.29, 0.717) is 0 Å². The number of anilines is 2. The predicted octanol–water partition coefficient (Wildman–Crippen LogP) is 1.04. The number of aromatic nitrogens is 2. The van der Waals surface area contributed by atoms with Gasteiger partial charge in [-0.1, -0.05) is 5.16 Å². The topological polar surface area (TPSA) is 94.0 Å². The highest BCUT2D eigenvalue weighted by Crippen LogP contribution is 2.13. The molecule has 2 aromatic heterocycles. The Balaban J connectivity index is 2.24. The summed E-state index contributed by atoms with van der Waals surface area (Å²) in [7, 11) is 0. The van der Waals surface area contributed by atoms with Crippen LogP contribution in [-0.4, -0.2) is 16.0 Å². The molecule has 0 saturated carbocycles. The minimum atomic E-state index is -0.858. The molecule has 2 heterocycles. The number of hydrogen-bond acceptors (Lipinski definition) is 5. The molecule has 0 aliphatic heterocycles. The molecule has 0 spiro atoms. The Morgan fingerprint density at radius 1 is 1.50 bits per heavy atom. The molecule has 0 aromatic carbocycles. The van der Waals surface area contributed by atoms with Gasteiger partial charge in [0.05, 0.1) is 5.56 Å². The number of nitrogen functional groups attached to an aromatic ring is 1. The van der Waals surface area contributed by atoms with Crippen LogP contribution in [0.15, 0.2) is 29.1 Å². The quantitative estimate of drug-likeness (QED) is 0.791. The maximum absolute atomic E-state index is 13.4. The van der Waals surface area contributed by atoms with Gasteiger partial charge in [-0.3, -0.25) is 4.79 Å². The van der Waals surface area contributed by atoms with Crippen LogP contribution in [-0.2, 0) is 0 Å². The zero-order chi connectivity index (χ0) is 11.5. The average Bonchev–Trinajstić information content (AvgIpc) is 2.74. The molecule has 0 aliphatic rings. The van der Waals surface area contributed by atoms with Gasteiger partial charge in [0, 0.05) is 12.3 Å². The van der Waals surface area contributed by atoms with Crippen LogP contribution in [0.4, 0.5) is 16.0 Å². The average molecular weight is 222 g/mol. The Morgan fingerprint density at radius 3 is 3.00 bits per heavy atom. The number of hydrogen-bond donors (Lipinski definition) is 2. The van der Waals surface area contributed by atoms with Gasteiger partial charge in [0.25, 0.3) is 5.91 Å². The number of nitrogens with two attached hydrogens (primary N) is 1. The molecule has 0 unspecified atom stereocenters. The van der Waals surface area contributed by atoms with Gasteiger partial charge in [-0.2, -0.15) is 0 Å². The fourth-order valence-electron chi connectivity index (χ4n) is 1.10. The van der Waals surface area contributed by atoms with E-state index in [2.05, 4.69) is 20.0 Å². The Hall–Kier alpha value is -2.44. The minimum absolute atomic E-state index is 0.194. The zero-order valence-electron chi connectivity index (χ0n) is 7.98. The lowest BCUT2D eigenvalue weighted by molar-refractivity contribution is 0.102. The van der Waals surface area contributed by atoms with Gasteiger partial charge >= 0.3 is 0 Å². The van der Waals surface area contributed by atoms with E-state index in [1.54, 1.807) is 0 Å². The largest absolute Gasteiger partial charge is 0.381 e. The van der Waals surface area contributed by atoms with Gasteiger partial charge in [0.1, 0.15) is 6.26 Å². The second kappa shape index (κ2) is 3.97. The van der Waals surface area contributed by atoms with E-state index in [9.17, 15) is 9.18 Å². The normalized spacial score (nSPS) is 10.1. The highest BCUT2D eigenvalue weighted by atomic mass is 19.1.